The van der Waals surface area contributed by atoms with E-state index in [0.717, 1.165) is 19.4 Å². The van der Waals surface area contributed by atoms with Crippen LogP contribution >= 0.6 is 0 Å². The predicted octanol–water partition coefficient (Wildman–Crippen LogP) is 0.797. The molecule has 1 unspecified atom stereocenters. The number of carbonyl (C=O) groups excluding carboxylic acids is 2. The van der Waals surface area contributed by atoms with Crippen molar-refractivity contribution >= 4 is 11.8 Å². The van der Waals surface area contributed by atoms with Gasteiger partial charge < -0.3 is 16.0 Å². The third kappa shape index (κ3) is 5.59. The molecule has 1 fully saturated rings. The number of hydrogen-bond acceptors (Lipinski definition) is 3. The van der Waals surface area contributed by atoms with E-state index in [4.69, 9.17) is 0 Å². The standard InChI is InChI=1S/C14H27N3O2/c1-14(2,13(19)15-3)10-17-12(18)8-7-11-6-4-5-9-16-11/h11,16H,4-10H2,1-3H3,(H,15,19)(H,17,18). The Balaban J connectivity index is 2.22. The van der Waals surface area contributed by atoms with E-state index in [0.29, 0.717) is 19.0 Å². The summed E-state index contributed by atoms with van der Waals surface area (Å²) in [4.78, 5) is 23.4. The summed E-state index contributed by atoms with van der Waals surface area (Å²) in [6, 6.07) is 0.478. The molecule has 0 radical (unpaired) electrons. The molecule has 0 spiro atoms. The van der Waals surface area contributed by atoms with Gasteiger partial charge in [0, 0.05) is 26.1 Å². The van der Waals surface area contributed by atoms with Crippen LogP contribution in [0.2, 0.25) is 0 Å². The lowest BCUT2D eigenvalue weighted by Crippen LogP contribution is -2.44. The van der Waals surface area contributed by atoms with Crippen molar-refractivity contribution in [3.63, 3.8) is 0 Å². The van der Waals surface area contributed by atoms with Gasteiger partial charge in [0.25, 0.3) is 0 Å². The lowest BCUT2D eigenvalue weighted by atomic mass is 9.92. The number of carbonyl (C=O) groups is 2. The van der Waals surface area contributed by atoms with Crippen LogP contribution in [0.4, 0.5) is 0 Å². The van der Waals surface area contributed by atoms with Gasteiger partial charge in [-0.05, 0) is 39.7 Å². The fraction of sp³-hybridized carbons (Fsp3) is 0.857. The minimum absolute atomic E-state index is 0.0318. The zero-order valence-corrected chi connectivity index (χ0v) is 12.3. The van der Waals surface area contributed by atoms with Crippen LogP contribution in [-0.2, 0) is 9.59 Å². The number of rotatable bonds is 6. The highest BCUT2D eigenvalue weighted by Crippen LogP contribution is 2.14. The van der Waals surface area contributed by atoms with Crippen LogP contribution in [0.25, 0.3) is 0 Å². The molecule has 1 atom stereocenters. The summed E-state index contributed by atoms with van der Waals surface area (Å²) in [6.45, 7) is 5.10. The second-order valence-electron chi connectivity index (χ2n) is 5.93. The number of amides is 2. The molecule has 110 valence electrons. The van der Waals surface area contributed by atoms with Crippen molar-refractivity contribution in [2.45, 2.75) is 52.0 Å². The number of hydrogen-bond donors (Lipinski definition) is 3. The molecule has 2 amide bonds. The Morgan fingerprint density at radius 2 is 2.05 bits per heavy atom. The summed E-state index contributed by atoms with van der Waals surface area (Å²) in [7, 11) is 1.61. The second kappa shape index (κ2) is 7.48. The van der Waals surface area contributed by atoms with Crippen LogP contribution in [0.15, 0.2) is 0 Å². The van der Waals surface area contributed by atoms with Gasteiger partial charge in [-0.25, -0.2) is 0 Å². The third-order valence-corrected chi connectivity index (χ3v) is 3.70. The minimum Gasteiger partial charge on any atom is -0.359 e. The Kier molecular flexibility index (Phi) is 6.28. The van der Waals surface area contributed by atoms with Crippen molar-refractivity contribution in [2.75, 3.05) is 20.1 Å². The summed E-state index contributed by atoms with van der Waals surface area (Å²) in [6.07, 6.45) is 5.07. The fourth-order valence-electron chi connectivity index (χ4n) is 2.30. The molecular weight excluding hydrogens is 242 g/mol. The Hall–Kier alpha value is -1.10. The van der Waals surface area contributed by atoms with Crippen LogP contribution in [0, 0.1) is 5.41 Å². The quantitative estimate of drug-likeness (QED) is 0.668. The first-order chi connectivity index (χ1) is 8.95. The highest BCUT2D eigenvalue weighted by atomic mass is 16.2. The van der Waals surface area contributed by atoms with Crippen LogP contribution in [0.5, 0.6) is 0 Å². The third-order valence-electron chi connectivity index (χ3n) is 3.70. The highest BCUT2D eigenvalue weighted by Gasteiger charge is 2.27. The van der Waals surface area contributed by atoms with E-state index in [1.54, 1.807) is 7.05 Å². The van der Waals surface area contributed by atoms with E-state index in [2.05, 4.69) is 16.0 Å². The lowest BCUT2D eigenvalue weighted by molar-refractivity contribution is -0.129. The number of piperidine rings is 1. The van der Waals surface area contributed by atoms with Gasteiger partial charge in [-0.2, -0.15) is 0 Å². The van der Waals surface area contributed by atoms with Gasteiger partial charge in [0.05, 0.1) is 5.41 Å². The molecule has 0 saturated carbocycles. The SMILES string of the molecule is CNC(=O)C(C)(C)CNC(=O)CCC1CCCCN1. The Labute approximate surface area is 115 Å². The van der Waals surface area contributed by atoms with Crippen molar-refractivity contribution in [1.82, 2.24) is 16.0 Å². The van der Waals surface area contributed by atoms with Gasteiger partial charge in [0.2, 0.25) is 11.8 Å². The molecule has 3 N–H and O–H groups in total. The van der Waals surface area contributed by atoms with Crippen molar-refractivity contribution in [3.8, 4) is 0 Å². The molecule has 1 heterocycles. The summed E-state index contributed by atoms with van der Waals surface area (Å²) >= 11 is 0. The molecule has 1 rings (SSSR count). The molecular formula is C14H27N3O2. The average Bonchev–Trinajstić information content (AvgIpc) is 2.43. The van der Waals surface area contributed by atoms with E-state index < -0.39 is 5.41 Å². The maximum absolute atomic E-state index is 11.8. The Morgan fingerprint density at radius 1 is 1.32 bits per heavy atom. The van der Waals surface area contributed by atoms with Crippen LogP contribution < -0.4 is 16.0 Å². The molecule has 19 heavy (non-hydrogen) atoms. The lowest BCUT2D eigenvalue weighted by Gasteiger charge is -2.24. The Bertz CT molecular complexity index is 310. The summed E-state index contributed by atoms with van der Waals surface area (Å²) in [5.74, 6) is -0.0221. The van der Waals surface area contributed by atoms with Crippen LogP contribution in [-0.4, -0.2) is 38.0 Å². The molecule has 0 bridgehead atoms. The molecule has 1 aliphatic rings. The van der Waals surface area contributed by atoms with Crippen molar-refractivity contribution in [1.29, 1.82) is 0 Å². The maximum atomic E-state index is 11.8. The average molecular weight is 269 g/mol. The van der Waals surface area contributed by atoms with Gasteiger partial charge in [-0.3, -0.25) is 9.59 Å². The van der Waals surface area contributed by atoms with E-state index >= 15 is 0 Å². The molecule has 0 aliphatic carbocycles. The van der Waals surface area contributed by atoms with Gasteiger partial charge >= 0.3 is 0 Å². The van der Waals surface area contributed by atoms with Gasteiger partial charge in [0.1, 0.15) is 0 Å². The molecule has 5 heteroatoms. The van der Waals surface area contributed by atoms with Gasteiger partial charge in [0.15, 0.2) is 0 Å². The fourth-order valence-corrected chi connectivity index (χ4v) is 2.30. The maximum Gasteiger partial charge on any atom is 0.227 e. The topological polar surface area (TPSA) is 70.2 Å². The van der Waals surface area contributed by atoms with E-state index in [1.807, 2.05) is 13.8 Å². The molecule has 0 aromatic rings. The largest absolute Gasteiger partial charge is 0.359 e. The van der Waals surface area contributed by atoms with Gasteiger partial charge in [-0.1, -0.05) is 6.42 Å². The first-order valence-electron chi connectivity index (χ1n) is 7.18. The van der Waals surface area contributed by atoms with Crippen LogP contribution in [0.3, 0.4) is 0 Å². The van der Waals surface area contributed by atoms with E-state index in [-0.39, 0.29) is 11.8 Å². The predicted molar refractivity (Wildman–Crippen MR) is 75.7 cm³/mol. The molecule has 5 nitrogen and oxygen atoms in total. The molecule has 1 aliphatic heterocycles. The summed E-state index contributed by atoms with van der Waals surface area (Å²) in [5.41, 5.74) is -0.562. The normalized spacial score (nSPS) is 19.8. The van der Waals surface area contributed by atoms with Crippen molar-refractivity contribution in [2.24, 2.45) is 5.41 Å². The van der Waals surface area contributed by atoms with E-state index in [1.165, 1.54) is 12.8 Å². The molecule has 0 aromatic heterocycles. The first-order valence-corrected chi connectivity index (χ1v) is 7.18. The van der Waals surface area contributed by atoms with E-state index in [9.17, 15) is 9.59 Å². The zero-order valence-electron chi connectivity index (χ0n) is 12.3. The second-order valence-corrected chi connectivity index (χ2v) is 5.93. The van der Waals surface area contributed by atoms with Crippen LogP contribution in [0.1, 0.15) is 46.0 Å². The monoisotopic (exact) mass is 269 g/mol. The number of nitrogens with one attached hydrogen (secondary N) is 3. The molecule has 1 saturated heterocycles. The van der Waals surface area contributed by atoms with Gasteiger partial charge in [-0.15, -0.1) is 0 Å². The Morgan fingerprint density at radius 3 is 2.63 bits per heavy atom. The summed E-state index contributed by atoms with van der Waals surface area (Å²) in [5, 5.41) is 8.89. The molecule has 0 aromatic carbocycles. The van der Waals surface area contributed by atoms with Crippen molar-refractivity contribution in [3.05, 3.63) is 0 Å². The summed E-state index contributed by atoms with van der Waals surface area (Å²) < 4.78 is 0. The zero-order chi connectivity index (χ0) is 14.3. The highest BCUT2D eigenvalue weighted by molar-refractivity contribution is 5.83. The smallest absolute Gasteiger partial charge is 0.227 e. The first kappa shape index (κ1) is 16.0. The van der Waals surface area contributed by atoms with Crippen molar-refractivity contribution < 1.29 is 9.59 Å². The minimum atomic E-state index is -0.562.